The number of urea groups is 1. The molecule has 0 radical (unpaired) electrons. The van der Waals surface area contributed by atoms with Gasteiger partial charge in [0.25, 0.3) is 5.89 Å². The van der Waals surface area contributed by atoms with Crippen LogP contribution >= 0.6 is 0 Å². The molecule has 1 saturated carbocycles. The molecule has 1 aromatic carbocycles. The molecule has 2 amide bonds. The first-order chi connectivity index (χ1) is 11.7. The van der Waals surface area contributed by atoms with Crippen molar-refractivity contribution in [1.29, 1.82) is 0 Å². The summed E-state index contributed by atoms with van der Waals surface area (Å²) in [6.45, 7) is 1.27. The summed E-state index contributed by atoms with van der Waals surface area (Å²) < 4.78 is 11.5. The minimum atomic E-state index is -0.0691. The molecule has 7 nitrogen and oxygen atoms in total. The van der Waals surface area contributed by atoms with Crippen molar-refractivity contribution < 1.29 is 14.1 Å². The fraction of sp³-hybridized carbons (Fsp3) is 0.471. The number of ether oxygens (including phenoxy) is 1. The highest BCUT2D eigenvalue weighted by Gasteiger charge is 2.30. The molecule has 2 fully saturated rings. The lowest BCUT2D eigenvalue weighted by molar-refractivity contribution is 0.188. The molecule has 1 unspecified atom stereocenters. The van der Waals surface area contributed by atoms with Crippen LogP contribution in [0, 0.1) is 0 Å². The van der Waals surface area contributed by atoms with Gasteiger partial charge < -0.3 is 19.5 Å². The topological polar surface area (TPSA) is 80.5 Å². The van der Waals surface area contributed by atoms with Crippen molar-refractivity contribution in [1.82, 2.24) is 20.4 Å². The van der Waals surface area contributed by atoms with Crippen molar-refractivity contribution in [3.63, 3.8) is 0 Å². The number of hydrogen-bond acceptors (Lipinski definition) is 5. The van der Waals surface area contributed by atoms with E-state index in [0.717, 1.165) is 30.7 Å². The highest BCUT2D eigenvalue weighted by Crippen LogP contribution is 2.39. The van der Waals surface area contributed by atoms with Crippen LogP contribution in [0.4, 0.5) is 4.79 Å². The van der Waals surface area contributed by atoms with Gasteiger partial charge in [0.05, 0.1) is 12.1 Å². The summed E-state index contributed by atoms with van der Waals surface area (Å²) in [6.07, 6.45) is 3.04. The van der Waals surface area contributed by atoms with E-state index in [-0.39, 0.29) is 12.1 Å². The Labute approximate surface area is 140 Å². The van der Waals surface area contributed by atoms with Gasteiger partial charge in [0, 0.05) is 25.9 Å². The summed E-state index contributed by atoms with van der Waals surface area (Å²) in [5, 5.41) is 6.72. The smallest absolute Gasteiger partial charge is 0.317 e. The molecule has 2 aliphatic rings. The number of carbonyl (C=O) groups excluding carboxylic acids is 1. The van der Waals surface area contributed by atoms with Crippen molar-refractivity contribution in [2.45, 2.75) is 31.3 Å². The number of amides is 2. The van der Waals surface area contributed by atoms with Gasteiger partial charge in [-0.1, -0.05) is 17.3 Å². The molecular weight excluding hydrogens is 308 g/mol. The van der Waals surface area contributed by atoms with Gasteiger partial charge >= 0.3 is 6.03 Å². The molecule has 1 aliphatic carbocycles. The number of nitrogens with one attached hydrogen (secondary N) is 1. The van der Waals surface area contributed by atoms with E-state index in [4.69, 9.17) is 9.26 Å². The number of hydrogen-bond donors (Lipinski definition) is 1. The Morgan fingerprint density at radius 3 is 2.96 bits per heavy atom. The van der Waals surface area contributed by atoms with Crippen molar-refractivity contribution in [2.24, 2.45) is 0 Å². The highest BCUT2D eigenvalue weighted by atomic mass is 16.5. The van der Waals surface area contributed by atoms with Crippen LogP contribution in [-0.4, -0.2) is 47.3 Å². The van der Waals surface area contributed by atoms with Crippen LogP contribution in [0.5, 0.6) is 5.75 Å². The predicted octanol–water partition coefficient (Wildman–Crippen LogP) is 2.41. The largest absolute Gasteiger partial charge is 0.488 e. The standard InChI is InChI=1S/C17H20N4O3/c1-18-17(22)21-9-8-12(10-21)23-14-5-3-2-4-13(14)16-19-15(20-24-16)11-6-7-11/h2-5,11-12H,6-10H2,1H3,(H,18,22). The zero-order valence-electron chi connectivity index (χ0n) is 13.6. The van der Waals surface area contributed by atoms with Crippen molar-refractivity contribution in [3.05, 3.63) is 30.1 Å². The number of benzene rings is 1. The Bertz CT molecular complexity index is 741. The van der Waals surface area contributed by atoms with Crippen molar-refractivity contribution >= 4 is 6.03 Å². The molecule has 1 aliphatic heterocycles. The summed E-state index contributed by atoms with van der Waals surface area (Å²) in [6, 6.07) is 7.60. The van der Waals surface area contributed by atoms with E-state index >= 15 is 0 Å². The molecule has 1 N–H and O–H groups in total. The van der Waals surface area contributed by atoms with Crippen LogP contribution in [0.1, 0.15) is 31.0 Å². The summed E-state index contributed by atoms with van der Waals surface area (Å²) in [7, 11) is 1.64. The average Bonchev–Trinajstić information content (AvgIpc) is 3.16. The Kier molecular flexibility index (Phi) is 3.84. The van der Waals surface area contributed by atoms with Crippen LogP contribution in [0.3, 0.4) is 0 Å². The van der Waals surface area contributed by atoms with E-state index in [0.29, 0.717) is 30.6 Å². The third-order valence-corrected chi connectivity index (χ3v) is 4.44. The molecule has 2 heterocycles. The van der Waals surface area contributed by atoms with E-state index in [2.05, 4.69) is 15.5 Å². The number of carbonyl (C=O) groups is 1. The van der Waals surface area contributed by atoms with Gasteiger partial charge in [-0.05, 0) is 25.0 Å². The maximum Gasteiger partial charge on any atom is 0.317 e. The molecule has 7 heteroatoms. The molecule has 4 rings (SSSR count). The van der Waals surface area contributed by atoms with E-state index < -0.39 is 0 Å². The maximum absolute atomic E-state index is 11.7. The van der Waals surface area contributed by atoms with Gasteiger partial charge in [-0.25, -0.2) is 4.79 Å². The maximum atomic E-state index is 11.7. The van der Waals surface area contributed by atoms with Gasteiger partial charge in [-0.15, -0.1) is 0 Å². The molecule has 1 aromatic heterocycles. The third-order valence-electron chi connectivity index (χ3n) is 4.44. The normalized spacial score (nSPS) is 20.2. The molecule has 1 saturated heterocycles. The number of nitrogens with zero attached hydrogens (tertiary/aromatic N) is 3. The van der Waals surface area contributed by atoms with Gasteiger partial charge in [0.15, 0.2) is 5.82 Å². The van der Waals surface area contributed by atoms with Crippen LogP contribution in [-0.2, 0) is 0 Å². The van der Waals surface area contributed by atoms with Gasteiger partial charge in [-0.3, -0.25) is 0 Å². The van der Waals surface area contributed by atoms with Gasteiger partial charge in [0.1, 0.15) is 11.9 Å². The lowest BCUT2D eigenvalue weighted by Crippen LogP contribution is -2.37. The summed E-state index contributed by atoms with van der Waals surface area (Å²) >= 11 is 0. The number of likely N-dealkylation sites (tertiary alicyclic amines) is 1. The van der Waals surface area contributed by atoms with E-state index in [1.807, 2.05) is 24.3 Å². The zero-order valence-corrected chi connectivity index (χ0v) is 13.6. The fourth-order valence-electron chi connectivity index (χ4n) is 2.94. The first-order valence-electron chi connectivity index (χ1n) is 8.31. The minimum Gasteiger partial charge on any atom is -0.488 e. The second-order valence-electron chi connectivity index (χ2n) is 6.26. The Hall–Kier alpha value is -2.57. The predicted molar refractivity (Wildman–Crippen MR) is 86.8 cm³/mol. The van der Waals surface area contributed by atoms with Crippen LogP contribution in [0.15, 0.2) is 28.8 Å². The molecule has 126 valence electrons. The Morgan fingerprint density at radius 1 is 1.33 bits per heavy atom. The van der Waals surface area contributed by atoms with E-state index in [1.165, 1.54) is 0 Å². The second-order valence-corrected chi connectivity index (χ2v) is 6.26. The number of rotatable bonds is 4. The monoisotopic (exact) mass is 328 g/mol. The van der Waals surface area contributed by atoms with Crippen LogP contribution in [0.25, 0.3) is 11.5 Å². The molecule has 0 spiro atoms. The quantitative estimate of drug-likeness (QED) is 0.932. The molecule has 1 atom stereocenters. The van der Waals surface area contributed by atoms with Crippen LogP contribution in [0.2, 0.25) is 0 Å². The second kappa shape index (κ2) is 6.14. The number of aromatic nitrogens is 2. The molecule has 24 heavy (non-hydrogen) atoms. The van der Waals surface area contributed by atoms with E-state index in [9.17, 15) is 4.79 Å². The van der Waals surface area contributed by atoms with Crippen molar-refractivity contribution in [3.8, 4) is 17.2 Å². The van der Waals surface area contributed by atoms with Crippen molar-refractivity contribution in [2.75, 3.05) is 20.1 Å². The average molecular weight is 328 g/mol. The van der Waals surface area contributed by atoms with E-state index in [1.54, 1.807) is 11.9 Å². The molecule has 2 aromatic rings. The lowest BCUT2D eigenvalue weighted by Gasteiger charge is -2.17. The summed E-state index contributed by atoms with van der Waals surface area (Å²) in [5.41, 5.74) is 0.801. The fourth-order valence-corrected chi connectivity index (χ4v) is 2.94. The first-order valence-corrected chi connectivity index (χ1v) is 8.31. The first kappa shape index (κ1) is 15.0. The molecular formula is C17H20N4O3. The highest BCUT2D eigenvalue weighted by molar-refractivity contribution is 5.74. The summed E-state index contributed by atoms with van der Waals surface area (Å²) in [4.78, 5) is 18.0. The number of para-hydroxylation sites is 1. The molecule has 0 bridgehead atoms. The lowest BCUT2D eigenvalue weighted by atomic mass is 10.2. The van der Waals surface area contributed by atoms with Gasteiger partial charge in [0.2, 0.25) is 0 Å². The Balaban J connectivity index is 1.50. The zero-order chi connectivity index (χ0) is 16.5. The Morgan fingerprint density at radius 2 is 2.17 bits per heavy atom. The minimum absolute atomic E-state index is 0.0331. The van der Waals surface area contributed by atoms with Gasteiger partial charge in [-0.2, -0.15) is 4.98 Å². The third kappa shape index (κ3) is 2.93. The van der Waals surface area contributed by atoms with Crippen LogP contribution < -0.4 is 10.1 Å². The summed E-state index contributed by atoms with van der Waals surface area (Å²) in [5.74, 6) is 2.44. The SMILES string of the molecule is CNC(=O)N1CCC(Oc2ccccc2-c2nc(C3CC3)no2)C1.